The third kappa shape index (κ3) is 2.75. The average molecular weight is 237 g/mol. The molecule has 0 radical (unpaired) electrons. The normalized spacial score (nSPS) is 24.0. The van der Waals surface area contributed by atoms with Gasteiger partial charge in [0.25, 0.3) is 0 Å². The van der Waals surface area contributed by atoms with E-state index in [0.29, 0.717) is 6.54 Å². The number of anilines is 1. The number of hydrogen-bond donors (Lipinski definition) is 1. The van der Waals surface area contributed by atoms with Crippen LogP contribution in [0.5, 0.6) is 0 Å². The van der Waals surface area contributed by atoms with Crippen molar-refractivity contribution in [3.63, 3.8) is 0 Å². The van der Waals surface area contributed by atoms with Gasteiger partial charge in [-0.25, -0.2) is 4.39 Å². The lowest BCUT2D eigenvalue weighted by molar-refractivity contribution is -0.139. The van der Waals surface area contributed by atoms with E-state index in [2.05, 4.69) is 0 Å². The molecule has 1 aromatic carbocycles. The van der Waals surface area contributed by atoms with E-state index in [0.717, 1.165) is 18.7 Å². The summed E-state index contributed by atoms with van der Waals surface area (Å²) < 4.78 is 13.1. The summed E-state index contributed by atoms with van der Waals surface area (Å²) in [6.07, 6.45) is 0.995. The fraction of sp³-hybridized carbons (Fsp3) is 0.462. The number of carbonyl (C=O) groups is 1. The Bertz CT molecular complexity index is 435. The summed E-state index contributed by atoms with van der Waals surface area (Å²) in [6.45, 7) is 3.43. The Labute approximate surface area is 99.9 Å². The predicted molar refractivity (Wildman–Crippen MR) is 63.6 cm³/mol. The molecule has 1 aliphatic rings. The zero-order valence-electron chi connectivity index (χ0n) is 9.82. The number of nitrogens with zero attached hydrogens (tertiary/aromatic N) is 1. The predicted octanol–water partition coefficient (Wildman–Crippen LogP) is 2.52. The first-order valence-corrected chi connectivity index (χ1v) is 5.71. The van der Waals surface area contributed by atoms with Gasteiger partial charge in [-0.1, -0.05) is 13.0 Å². The molecule has 3 nitrogen and oxygen atoms in total. The van der Waals surface area contributed by atoms with Crippen LogP contribution in [0, 0.1) is 11.2 Å². The molecule has 1 aromatic rings. The first-order valence-electron chi connectivity index (χ1n) is 5.71. The average Bonchev–Trinajstić information content (AvgIpc) is 2.59. The van der Waals surface area contributed by atoms with Crippen molar-refractivity contribution in [3.05, 3.63) is 30.1 Å². The van der Waals surface area contributed by atoms with Crippen LogP contribution in [0.15, 0.2) is 24.3 Å². The molecule has 1 N–H and O–H groups in total. The summed E-state index contributed by atoms with van der Waals surface area (Å²) in [5.41, 5.74) is 0.622. The van der Waals surface area contributed by atoms with Crippen LogP contribution >= 0.6 is 0 Å². The standard InChI is InChI=1S/C13H16FNO2/c1-13(8-12(16)17)5-6-15(9-13)11-4-2-3-10(14)7-11/h2-4,7H,5-6,8-9H2,1H3,(H,16,17). The molecule has 1 saturated heterocycles. The molecule has 1 heterocycles. The van der Waals surface area contributed by atoms with Crippen LogP contribution in [-0.2, 0) is 4.79 Å². The van der Waals surface area contributed by atoms with Crippen molar-refractivity contribution in [2.45, 2.75) is 19.8 Å². The quantitative estimate of drug-likeness (QED) is 0.878. The van der Waals surface area contributed by atoms with E-state index in [1.54, 1.807) is 6.07 Å². The van der Waals surface area contributed by atoms with E-state index in [1.165, 1.54) is 12.1 Å². The lowest BCUT2D eigenvalue weighted by atomic mass is 9.86. The fourth-order valence-corrected chi connectivity index (χ4v) is 2.43. The zero-order valence-corrected chi connectivity index (χ0v) is 9.82. The maximum atomic E-state index is 13.1. The highest BCUT2D eigenvalue weighted by Crippen LogP contribution is 2.36. The van der Waals surface area contributed by atoms with Crippen molar-refractivity contribution in [2.75, 3.05) is 18.0 Å². The number of benzene rings is 1. The monoisotopic (exact) mass is 237 g/mol. The fourth-order valence-electron chi connectivity index (χ4n) is 2.43. The van der Waals surface area contributed by atoms with Crippen LogP contribution in [0.3, 0.4) is 0 Å². The minimum absolute atomic E-state index is 0.165. The minimum atomic E-state index is -0.770. The number of aliphatic carboxylic acids is 1. The lowest BCUT2D eigenvalue weighted by Crippen LogP contribution is -2.26. The number of carboxylic acids is 1. The summed E-state index contributed by atoms with van der Waals surface area (Å²) in [7, 11) is 0. The molecule has 92 valence electrons. The summed E-state index contributed by atoms with van der Waals surface area (Å²) in [5.74, 6) is -1.03. The molecular formula is C13H16FNO2. The van der Waals surface area contributed by atoms with Gasteiger partial charge >= 0.3 is 5.97 Å². The first kappa shape index (κ1) is 11.9. The second kappa shape index (κ2) is 4.35. The van der Waals surface area contributed by atoms with Crippen LogP contribution in [0.1, 0.15) is 19.8 Å². The van der Waals surface area contributed by atoms with Gasteiger partial charge in [0.1, 0.15) is 5.82 Å². The van der Waals surface area contributed by atoms with Gasteiger partial charge in [-0.15, -0.1) is 0 Å². The van der Waals surface area contributed by atoms with Crippen molar-refractivity contribution >= 4 is 11.7 Å². The van der Waals surface area contributed by atoms with E-state index >= 15 is 0 Å². The first-order chi connectivity index (χ1) is 7.98. The van der Waals surface area contributed by atoms with Crippen molar-refractivity contribution in [1.29, 1.82) is 0 Å². The second-order valence-electron chi connectivity index (χ2n) is 5.03. The Kier molecular flexibility index (Phi) is 3.05. The van der Waals surface area contributed by atoms with Gasteiger partial charge in [0.05, 0.1) is 6.42 Å². The van der Waals surface area contributed by atoms with Gasteiger partial charge in [-0.2, -0.15) is 0 Å². The van der Waals surface area contributed by atoms with E-state index in [9.17, 15) is 9.18 Å². The van der Waals surface area contributed by atoms with Crippen LogP contribution in [0.25, 0.3) is 0 Å². The Hall–Kier alpha value is -1.58. The number of hydrogen-bond acceptors (Lipinski definition) is 2. The largest absolute Gasteiger partial charge is 0.481 e. The highest BCUT2D eigenvalue weighted by Gasteiger charge is 2.35. The number of rotatable bonds is 3. The molecule has 0 aliphatic carbocycles. The van der Waals surface area contributed by atoms with E-state index < -0.39 is 5.97 Å². The topological polar surface area (TPSA) is 40.5 Å². The van der Waals surface area contributed by atoms with Gasteiger partial charge in [0.2, 0.25) is 0 Å². The maximum absolute atomic E-state index is 13.1. The molecule has 1 fully saturated rings. The zero-order chi connectivity index (χ0) is 12.5. The molecule has 1 atom stereocenters. The third-order valence-electron chi connectivity index (χ3n) is 3.31. The molecule has 0 aromatic heterocycles. The third-order valence-corrected chi connectivity index (χ3v) is 3.31. The Balaban J connectivity index is 2.09. The Morgan fingerprint density at radius 3 is 3.00 bits per heavy atom. The van der Waals surface area contributed by atoms with Gasteiger partial charge in [-0.05, 0) is 30.0 Å². The van der Waals surface area contributed by atoms with Gasteiger partial charge in [-0.3, -0.25) is 4.79 Å². The summed E-state index contributed by atoms with van der Waals surface area (Å²) >= 11 is 0. The van der Waals surface area contributed by atoms with E-state index in [4.69, 9.17) is 5.11 Å². The Morgan fingerprint density at radius 2 is 2.35 bits per heavy atom. The number of carboxylic acid groups (broad SMARTS) is 1. The molecular weight excluding hydrogens is 221 g/mol. The van der Waals surface area contributed by atoms with Crippen molar-refractivity contribution in [2.24, 2.45) is 5.41 Å². The maximum Gasteiger partial charge on any atom is 0.303 e. The van der Waals surface area contributed by atoms with E-state index in [-0.39, 0.29) is 17.7 Å². The van der Waals surface area contributed by atoms with Crippen LogP contribution in [0.2, 0.25) is 0 Å². The SMILES string of the molecule is CC1(CC(=O)O)CCN(c2cccc(F)c2)C1. The van der Waals surface area contributed by atoms with Crippen LogP contribution < -0.4 is 4.90 Å². The van der Waals surface area contributed by atoms with Crippen LogP contribution in [-0.4, -0.2) is 24.2 Å². The smallest absolute Gasteiger partial charge is 0.303 e. The second-order valence-corrected chi connectivity index (χ2v) is 5.03. The number of halogens is 1. The molecule has 0 bridgehead atoms. The molecule has 1 aliphatic heterocycles. The summed E-state index contributed by atoms with van der Waals surface area (Å²) in [5, 5.41) is 8.86. The van der Waals surface area contributed by atoms with Crippen molar-refractivity contribution in [1.82, 2.24) is 0 Å². The molecule has 2 rings (SSSR count). The highest BCUT2D eigenvalue weighted by atomic mass is 19.1. The summed E-state index contributed by atoms with van der Waals surface area (Å²) in [4.78, 5) is 12.8. The minimum Gasteiger partial charge on any atom is -0.481 e. The van der Waals surface area contributed by atoms with Crippen molar-refractivity contribution < 1.29 is 14.3 Å². The molecule has 0 saturated carbocycles. The van der Waals surface area contributed by atoms with Gasteiger partial charge in [0, 0.05) is 18.8 Å². The lowest BCUT2D eigenvalue weighted by Gasteiger charge is -2.23. The molecule has 17 heavy (non-hydrogen) atoms. The summed E-state index contributed by atoms with van der Waals surface area (Å²) in [6, 6.07) is 6.44. The Morgan fingerprint density at radius 1 is 1.59 bits per heavy atom. The molecule has 1 unspecified atom stereocenters. The van der Waals surface area contributed by atoms with E-state index in [1.807, 2.05) is 17.9 Å². The van der Waals surface area contributed by atoms with Gasteiger partial charge < -0.3 is 10.0 Å². The highest BCUT2D eigenvalue weighted by molar-refractivity contribution is 5.68. The molecule has 0 spiro atoms. The molecule has 0 amide bonds. The van der Waals surface area contributed by atoms with Crippen molar-refractivity contribution in [3.8, 4) is 0 Å². The molecule has 4 heteroatoms. The van der Waals surface area contributed by atoms with Gasteiger partial charge in [0.15, 0.2) is 0 Å². The van der Waals surface area contributed by atoms with Crippen LogP contribution in [0.4, 0.5) is 10.1 Å².